The third kappa shape index (κ3) is 3.13. The lowest BCUT2D eigenvalue weighted by Gasteiger charge is -2.07. The highest BCUT2D eigenvalue weighted by Crippen LogP contribution is 2.34. The van der Waals surface area contributed by atoms with Crippen molar-refractivity contribution in [1.29, 1.82) is 0 Å². The maximum absolute atomic E-state index is 12.6. The fraction of sp³-hybridized carbons (Fsp3) is 0.188. The molecule has 1 aliphatic heterocycles. The number of hydrogen-bond acceptors (Lipinski definition) is 7. The lowest BCUT2D eigenvalue weighted by atomic mass is 10.2. The van der Waals surface area contributed by atoms with E-state index in [-0.39, 0.29) is 18.2 Å². The van der Waals surface area contributed by atoms with Crippen LogP contribution in [0.25, 0.3) is 10.6 Å². The molecule has 9 heteroatoms. The summed E-state index contributed by atoms with van der Waals surface area (Å²) in [6.07, 6.45) is 1.52. The number of benzene rings is 1. The average Bonchev–Trinajstić information content (AvgIpc) is 3.32. The quantitative estimate of drug-likeness (QED) is 0.734. The molecule has 130 valence electrons. The molecule has 25 heavy (non-hydrogen) atoms. The average molecular weight is 378 g/mol. The summed E-state index contributed by atoms with van der Waals surface area (Å²) in [6, 6.07) is 8.63. The predicted molar refractivity (Wildman–Crippen MR) is 91.1 cm³/mol. The molecule has 4 rings (SSSR count). The second-order valence-electron chi connectivity index (χ2n) is 5.42. The predicted octanol–water partition coefficient (Wildman–Crippen LogP) is 2.92. The highest BCUT2D eigenvalue weighted by atomic mass is 32.2. The summed E-state index contributed by atoms with van der Waals surface area (Å²) in [5, 5.41) is 3.65. The van der Waals surface area contributed by atoms with Gasteiger partial charge < -0.3 is 14.0 Å². The van der Waals surface area contributed by atoms with Crippen molar-refractivity contribution in [2.75, 3.05) is 6.79 Å². The van der Waals surface area contributed by atoms with Gasteiger partial charge in [0.25, 0.3) is 0 Å². The van der Waals surface area contributed by atoms with E-state index >= 15 is 0 Å². The van der Waals surface area contributed by atoms with Crippen LogP contribution in [-0.2, 0) is 16.6 Å². The van der Waals surface area contributed by atoms with Crippen molar-refractivity contribution in [3.63, 3.8) is 0 Å². The van der Waals surface area contributed by atoms with E-state index in [1.54, 1.807) is 37.3 Å². The van der Waals surface area contributed by atoms with Gasteiger partial charge in [0.1, 0.15) is 0 Å². The Bertz CT molecular complexity index is 1010. The van der Waals surface area contributed by atoms with Crippen LogP contribution >= 0.6 is 11.3 Å². The Morgan fingerprint density at radius 1 is 1.20 bits per heavy atom. The van der Waals surface area contributed by atoms with Crippen LogP contribution in [0.3, 0.4) is 0 Å². The normalized spacial score (nSPS) is 13.3. The van der Waals surface area contributed by atoms with Crippen molar-refractivity contribution in [3.8, 4) is 22.1 Å². The number of thiophene rings is 1. The van der Waals surface area contributed by atoms with Gasteiger partial charge in [-0.1, -0.05) is 11.2 Å². The second-order valence-corrected chi connectivity index (χ2v) is 8.41. The Hall–Kier alpha value is -2.36. The van der Waals surface area contributed by atoms with Gasteiger partial charge in [0.15, 0.2) is 17.3 Å². The van der Waals surface area contributed by atoms with Crippen LogP contribution in [0.15, 0.2) is 45.9 Å². The largest absolute Gasteiger partial charge is 0.454 e. The van der Waals surface area contributed by atoms with E-state index in [4.69, 9.17) is 14.0 Å². The third-order valence-corrected chi connectivity index (χ3v) is 6.47. The SMILES string of the molecule is Cc1sc(-c2ccno2)cc1S(=O)(=O)NCc1ccc2c(c1)OCO2. The van der Waals surface area contributed by atoms with E-state index in [9.17, 15) is 8.42 Å². The molecular weight excluding hydrogens is 364 g/mol. The molecule has 0 saturated heterocycles. The van der Waals surface area contributed by atoms with Crippen LogP contribution in [-0.4, -0.2) is 20.4 Å². The zero-order chi connectivity index (χ0) is 17.4. The van der Waals surface area contributed by atoms with Gasteiger partial charge >= 0.3 is 0 Å². The molecule has 2 aromatic heterocycles. The van der Waals surface area contributed by atoms with Gasteiger partial charge in [0, 0.05) is 17.5 Å². The number of ether oxygens (including phenoxy) is 2. The Kier molecular flexibility index (Phi) is 3.98. The Morgan fingerprint density at radius 3 is 2.84 bits per heavy atom. The van der Waals surface area contributed by atoms with Crippen LogP contribution in [0.4, 0.5) is 0 Å². The van der Waals surface area contributed by atoms with Gasteiger partial charge in [-0.3, -0.25) is 0 Å². The van der Waals surface area contributed by atoms with Crippen LogP contribution in [0.2, 0.25) is 0 Å². The molecule has 0 fully saturated rings. The summed E-state index contributed by atoms with van der Waals surface area (Å²) in [7, 11) is -3.65. The maximum atomic E-state index is 12.6. The van der Waals surface area contributed by atoms with E-state index in [2.05, 4.69) is 9.88 Å². The van der Waals surface area contributed by atoms with Crippen molar-refractivity contribution in [2.45, 2.75) is 18.4 Å². The number of nitrogens with one attached hydrogen (secondary N) is 1. The van der Waals surface area contributed by atoms with Crippen molar-refractivity contribution in [3.05, 3.63) is 47.0 Å². The molecule has 0 spiro atoms. The van der Waals surface area contributed by atoms with E-state index < -0.39 is 10.0 Å². The third-order valence-electron chi connectivity index (χ3n) is 3.75. The molecule has 7 nitrogen and oxygen atoms in total. The lowest BCUT2D eigenvalue weighted by molar-refractivity contribution is 0.174. The molecule has 1 aliphatic rings. The standard InChI is InChI=1S/C16H14N2O5S2/c1-10-16(7-15(24-10)13-4-5-17-23-13)25(19,20)18-8-11-2-3-12-14(6-11)22-9-21-12/h2-7,18H,8-9H2,1H3. The van der Waals surface area contributed by atoms with E-state index in [0.29, 0.717) is 22.1 Å². The number of fused-ring (bicyclic) bond motifs is 1. The fourth-order valence-electron chi connectivity index (χ4n) is 2.50. The fourth-order valence-corrected chi connectivity index (χ4v) is 5.07. The molecule has 0 bridgehead atoms. The number of aromatic nitrogens is 1. The first-order chi connectivity index (χ1) is 12.0. The number of hydrogen-bond donors (Lipinski definition) is 1. The minimum atomic E-state index is -3.65. The Labute approximate surface area is 148 Å². The molecule has 0 amide bonds. The minimum absolute atomic E-state index is 0.159. The van der Waals surface area contributed by atoms with Crippen LogP contribution in [0.1, 0.15) is 10.4 Å². The number of nitrogens with zero attached hydrogens (tertiary/aromatic N) is 1. The number of sulfonamides is 1. The number of aryl methyl sites for hydroxylation is 1. The van der Waals surface area contributed by atoms with Gasteiger partial charge in [0.2, 0.25) is 16.8 Å². The maximum Gasteiger partial charge on any atom is 0.241 e. The van der Waals surface area contributed by atoms with E-state index in [0.717, 1.165) is 10.4 Å². The first-order valence-corrected chi connectivity index (χ1v) is 9.72. The highest BCUT2D eigenvalue weighted by Gasteiger charge is 2.22. The first kappa shape index (κ1) is 16.1. The van der Waals surface area contributed by atoms with Gasteiger partial charge in [-0.15, -0.1) is 11.3 Å². The highest BCUT2D eigenvalue weighted by molar-refractivity contribution is 7.89. The molecule has 0 unspecified atom stereocenters. The summed E-state index contributed by atoms with van der Waals surface area (Å²) < 4.78 is 43.5. The Morgan fingerprint density at radius 2 is 2.04 bits per heavy atom. The molecule has 0 radical (unpaired) electrons. The first-order valence-electron chi connectivity index (χ1n) is 7.42. The molecule has 0 aliphatic carbocycles. The summed E-state index contributed by atoms with van der Waals surface area (Å²) in [5.74, 6) is 1.83. The lowest BCUT2D eigenvalue weighted by Crippen LogP contribution is -2.23. The van der Waals surface area contributed by atoms with Crippen LogP contribution in [0.5, 0.6) is 11.5 Å². The topological polar surface area (TPSA) is 90.7 Å². The molecule has 3 aromatic rings. The van der Waals surface area contributed by atoms with Crippen LogP contribution < -0.4 is 14.2 Å². The molecular formula is C16H14N2O5S2. The molecule has 1 aromatic carbocycles. The summed E-state index contributed by atoms with van der Waals surface area (Å²) in [6.45, 7) is 2.11. The van der Waals surface area contributed by atoms with E-state index in [1.165, 1.54) is 17.5 Å². The van der Waals surface area contributed by atoms with Gasteiger partial charge in [-0.2, -0.15) is 0 Å². The zero-order valence-corrected chi connectivity index (χ0v) is 14.8. The molecule has 3 heterocycles. The van der Waals surface area contributed by atoms with Crippen molar-refractivity contribution in [2.24, 2.45) is 0 Å². The van der Waals surface area contributed by atoms with E-state index in [1.807, 2.05) is 0 Å². The van der Waals surface area contributed by atoms with Crippen LogP contribution in [0, 0.1) is 6.92 Å². The summed E-state index contributed by atoms with van der Waals surface area (Å²) >= 11 is 1.35. The molecule has 0 saturated carbocycles. The summed E-state index contributed by atoms with van der Waals surface area (Å²) in [4.78, 5) is 1.65. The van der Waals surface area contributed by atoms with Gasteiger partial charge in [0.05, 0.1) is 16.0 Å². The van der Waals surface area contributed by atoms with Crippen molar-refractivity contribution < 1.29 is 22.4 Å². The smallest absolute Gasteiger partial charge is 0.241 e. The Balaban J connectivity index is 1.54. The summed E-state index contributed by atoms with van der Waals surface area (Å²) in [5.41, 5.74) is 0.788. The molecule has 1 N–H and O–H groups in total. The molecule has 0 atom stereocenters. The number of rotatable bonds is 5. The second kappa shape index (κ2) is 6.17. The van der Waals surface area contributed by atoms with Crippen molar-refractivity contribution >= 4 is 21.4 Å². The monoisotopic (exact) mass is 378 g/mol. The van der Waals surface area contributed by atoms with Crippen molar-refractivity contribution in [1.82, 2.24) is 9.88 Å². The van der Waals surface area contributed by atoms with Gasteiger partial charge in [-0.25, -0.2) is 13.1 Å². The minimum Gasteiger partial charge on any atom is -0.454 e. The zero-order valence-electron chi connectivity index (χ0n) is 13.2. The van der Waals surface area contributed by atoms with Gasteiger partial charge in [-0.05, 0) is 30.7 Å².